The maximum atomic E-state index is 12.9. The van der Waals surface area contributed by atoms with Gasteiger partial charge in [-0.15, -0.1) is 0 Å². The van der Waals surface area contributed by atoms with E-state index < -0.39 is 16.8 Å². The van der Waals surface area contributed by atoms with Crippen molar-refractivity contribution in [1.82, 2.24) is 0 Å². The average molecular weight is 417 g/mol. The number of hydrogen-bond acceptors (Lipinski definition) is 6. The van der Waals surface area contributed by atoms with Crippen LogP contribution in [0.4, 0.5) is 11.4 Å². The number of nitro benzene ring substituents is 1. The number of hydrazone groups is 1. The Bertz CT molecular complexity index is 1290. The van der Waals surface area contributed by atoms with Gasteiger partial charge in [-0.25, -0.2) is 4.79 Å². The minimum absolute atomic E-state index is 0.0377. The topological polar surface area (TPSA) is 126 Å². The van der Waals surface area contributed by atoms with Crippen LogP contribution < -0.4 is 5.01 Å². The minimum atomic E-state index is -1.11. The predicted molar refractivity (Wildman–Crippen MR) is 113 cm³/mol. The number of carbonyl (C=O) groups is 2. The smallest absolute Gasteiger partial charge is 0.335 e. The van der Waals surface area contributed by atoms with Crippen molar-refractivity contribution in [2.45, 2.75) is 6.92 Å². The monoisotopic (exact) mass is 417 g/mol. The number of para-hydroxylation sites is 1. The Morgan fingerprint density at radius 2 is 1.94 bits per heavy atom. The molecule has 1 aliphatic heterocycles. The van der Waals surface area contributed by atoms with E-state index in [9.17, 15) is 19.7 Å². The summed E-state index contributed by atoms with van der Waals surface area (Å²) in [5, 5.41) is 25.8. The van der Waals surface area contributed by atoms with Crippen LogP contribution in [0.3, 0.4) is 0 Å². The molecular weight excluding hydrogens is 402 g/mol. The summed E-state index contributed by atoms with van der Waals surface area (Å²) in [7, 11) is 0. The van der Waals surface area contributed by atoms with Crippen LogP contribution in [-0.4, -0.2) is 27.6 Å². The first-order valence-electron chi connectivity index (χ1n) is 9.14. The molecule has 2 heterocycles. The van der Waals surface area contributed by atoms with E-state index in [4.69, 9.17) is 9.52 Å². The number of nitrogens with zero attached hydrogens (tertiary/aromatic N) is 3. The fourth-order valence-corrected chi connectivity index (χ4v) is 3.19. The van der Waals surface area contributed by atoms with E-state index in [0.717, 1.165) is 5.01 Å². The van der Waals surface area contributed by atoms with Gasteiger partial charge in [-0.2, -0.15) is 10.1 Å². The first kappa shape index (κ1) is 19.8. The largest absolute Gasteiger partial charge is 0.478 e. The summed E-state index contributed by atoms with van der Waals surface area (Å²) in [5.74, 6) is -0.927. The number of hydrogen-bond donors (Lipinski definition) is 1. The van der Waals surface area contributed by atoms with E-state index in [1.165, 1.54) is 30.3 Å². The molecule has 0 atom stereocenters. The minimum Gasteiger partial charge on any atom is -0.478 e. The van der Waals surface area contributed by atoms with Crippen molar-refractivity contribution in [2.75, 3.05) is 5.01 Å². The van der Waals surface area contributed by atoms with Crippen molar-refractivity contribution in [3.8, 4) is 11.3 Å². The third-order valence-corrected chi connectivity index (χ3v) is 4.68. The zero-order chi connectivity index (χ0) is 22.1. The van der Waals surface area contributed by atoms with Crippen LogP contribution in [-0.2, 0) is 4.79 Å². The maximum absolute atomic E-state index is 12.9. The lowest BCUT2D eigenvalue weighted by Gasteiger charge is -2.12. The molecule has 4 rings (SSSR count). The number of aromatic carboxylic acids is 1. The Morgan fingerprint density at radius 3 is 2.68 bits per heavy atom. The number of amides is 1. The second-order valence-electron chi connectivity index (χ2n) is 6.69. The molecule has 1 amide bonds. The second-order valence-corrected chi connectivity index (χ2v) is 6.69. The van der Waals surface area contributed by atoms with Crippen LogP contribution in [0.25, 0.3) is 17.4 Å². The van der Waals surface area contributed by atoms with Gasteiger partial charge in [-0.3, -0.25) is 14.9 Å². The van der Waals surface area contributed by atoms with E-state index in [0.29, 0.717) is 28.5 Å². The molecule has 2 aromatic carbocycles. The third-order valence-electron chi connectivity index (χ3n) is 4.68. The molecule has 1 N–H and O–H groups in total. The molecule has 154 valence electrons. The Morgan fingerprint density at radius 1 is 1.16 bits per heavy atom. The fourth-order valence-electron chi connectivity index (χ4n) is 3.19. The predicted octanol–water partition coefficient (Wildman–Crippen LogP) is 4.36. The molecule has 1 aromatic heterocycles. The van der Waals surface area contributed by atoms with Gasteiger partial charge in [-0.05, 0) is 49.4 Å². The molecule has 1 aliphatic rings. The highest BCUT2D eigenvalue weighted by molar-refractivity contribution is 6.32. The lowest BCUT2D eigenvalue weighted by atomic mass is 10.1. The number of carbonyl (C=O) groups excluding carboxylic acids is 1. The lowest BCUT2D eigenvalue weighted by Crippen LogP contribution is -2.21. The van der Waals surface area contributed by atoms with Crippen molar-refractivity contribution in [3.63, 3.8) is 0 Å². The van der Waals surface area contributed by atoms with Crippen LogP contribution in [0, 0.1) is 10.1 Å². The SMILES string of the molecule is CC1=NN(c2cccc(C(=O)O)c2)C(=O)/C1=C\c1ccc(-c2ccccc2[N+](=O)[O-])o1. The number of benzene rings is 2. The van der Waals surface area contributed by atoms with Gasteiger partial charge in [0, 0.05) is 6.07 Å². The molecule has 0 aliphatic carbocycles. The van der Waals surface area contributed by atoms with Crippen molar-refractivity contribution >= 4 is 35.0 Å². The summed E-state index contributed by atoms with van der Waals surface area (Å²) in [6, 6.07) is 15.3. The van der Waals surface area contributed by atoms with Crippen LogP contribution >= 0.6 is 0 Å². The Kier molecular flexibility index (Phi) is 4.92. The van der Waals surface area contributed by atoms with Gasteiger partial charge in [0.15, 0.2) is 0 Å². The molecule has 0 spiro atoms. The van der Waals surface area contributed by atoms with Gasteiger partial charge >= 0.3 is 5.97 Å². The summed E-state index contributed by atoms with van der Waals surface area (Å²) >= 11 is 0. The van der Waals surface area contributed by atoms with Gasteiger partial charge in [0.05, 0.1) is 33.0 Å². The summed E-state index contributed by atoms with van der Waals surface area (Å²) in [6.07, 6.45) is 1.50. The number of nitro groups is 1. The van der Waals surface area contributed by atoms with E-state index >= 15 is 0 Å². The molecule has 0 radical (unpaired) electrons. The number of carboxylic acid groups (broad SMARTS) is 1. The number of furan rings is 1. The van der Waals surface area contributed by atoms with Crippen LogP contribution in [0.1, 0.15) is 23.0 Å². The summed E-state index contributed by atoms with van der Waals surface area (Å²) in [4.78, 5) is 34.8. The van der Waals surface area contributed by atoms with E-state index in [2.05, 4.69) is 5.10 Å². The van der Waals surface area contributed by atoms with Gasteiger partial charge in [0.25, 0.3) is 11.6 Å². The van der Waals surface area contributed by atoms with E-state index in [-0.39, 0.29) is 16.8 Å². The van der Waals surface area contributed by atoms with Gasteiger partial charge in [0.2, 0.25) is 0 Å². The van der Waals surface area contributed by atoms with Crippen LogP contribution in [0.15, 0.2) is 75.8 Å². The van der Waals surface area contributed by atoms with E-state index in [1.807, 2.05) is 0 Å². The summed E-state index contributed by atoms with van der Waals surface area (Å²) in [5.41, 5.74) is 1.30. The molecule has 0 bridgehead atoms. The van der Waals surface area contributed by atoms with E-state index in [1.54, 1.807) is 43.3 Å². The molecule has 0 fully saturated rings. The summed E-state index contributed by atoms with van der Waals surface area (Å²) < 4.78 is 5.73. The zero-order valence-electron chi connectivity index (χ0n) is 16.2. The average Bonchev–Trinajstić information content (AvgIpc) is 3.34. The maximum Gasteiger partial charge on any atom is 0.335 e. The van der Waals surface area contributed by atoms with Gasteiger partial charge in [0.1, 0.15) is 11.5 Å². The highest BCUT2D eigenvalue weighted by Crippen LogP contribution is 2.32. The van der Waals surface area contributed by atoms with Crippen molar-refractivity contribution in [2.24, 2.45) is 5.10 Å². The van der Waals surface area contributed by atoms with Crippen molar-refractivity contribution < 1.29 is 24.0 Å². The number of rotatable bonds is 5. The Balaban J connectivity index is 1.65. The van der Waals surface area contributed by atoms with Gasteiger partial charge in [-0.1, -0.05) is 18.2 Å². The van der Waals surface area contributed by atoms with Crippen molar-refractivity contribution in [3.05, 3.63) is 87.7 Å². The normalized spacial score (nSPS) is 14.7. The highest BCUT2D eigenvalue weighted by Gasteiger charge is 2.29. The molecule has 0 saturated carbocycles. The molecule has 9 nitrogen and oxygen atoms in total. The standard InChI is InChI=1S/C22H15N3O6/c1-13-18(21(26)24(23-13)15-6-4-5-14(11-15)22(27)28)12-16-9-10-20(31-16)17-7-2-3-8-19(17)25(29)30/h2-12H,1H3,(H,27,28)/b18-12-. The highest BCUT2D eigenvalue weighted by atomic mass is 16.6. The van der Waals surface area contributed by atoms with Crippen LogP contribution in [0.5, 0.6) is 0 Å². The zero-order valence-corrected chi connectivity index (χ0v) is 16.2. The fraction of sp³-hybridized carbons (Fsp3) is 0.0455. The molecular formula is C22H15N3O6. The first-order chi connectivity index (χ1) is 14.8. The number of carboxylic acids is 1. The van der Waals surface area contributed by atoms with Crippen LogP contribution in [0.2, 0.25) is 0 Å². The molecule has 3 aromatic rings. The quantitative estimate of drug-likeness (QED) is 0.373. The summed E-state index contributed by atoms with van der Waals surface area (Å²) in [6.45, 7) is 1.65. The second kappa shape index (κ2) is 7.71. The third kappa shape index (κ3) is 3.71. The molecule has 31 heavy (non-hydrogen) atoms. The molecule has 0 unspecified atom stereocenters. The van der Waals surface area contributed by atoms with Gasteiger partial charge < -0.3 is 9.52 Å². The Labute approximate surface area is 175 Å². The van der Waals surface area contributed by atoms with Crippen molar-refractivity contribution in [1.29, 1.82) is 0 Å². The number of anilines is 1. The first-order valence-corrected chi connectivity index (χ1v) is 9.14. The Hall–Kier alpha value is -4.53. The lowest BCUT2D eigenvalue weighted by molar-refractivity contribution is -0.384. The molecule has 0 saturated heterocycles. The molecule has 9 heteroatoms.